The number of rotatable bonds is 3. The summed E-state index contributed by atoms with van der Waals surface area (Å²) in [5, 5.41) is 8.50. The molecule has 0 saturated carbocycles. The summed E-state index contributed by atoms with van der Waals surface area (Å²) < 4.78 is 27.4. The number of hydrazone groups is 1. The van der Waals surface area contributed by atoms with E-state index >= 15 is 0 Å². The molecule has 0 bridgehead atoms. The average molecular weight is 356 g/mol. The van der Waals surface area contributed by atoms with Crippen LogP contribution in [0.15, 0.2) is 48.0 Å². The number of nitrogens with zero attached hydrogens (tertiary/aromatic N) is 6. The van der Waals surface area contributed by atoms with Gasteiger partial charge < -0.3 is 0 Å². The molecule has 0 amide bonds. The van der Waals surface area contributed by atoms with Crippen molar-refractivity contribution < 1.29 is 8.42 Å². The lowest BCUT2D eigenvalue weighted by Crippen LogP contribution is -2.25. The Hall–Kier alpha value is -2.81. The van der Waals surface area contributed by atoms with Crippen LogP contribution in [0.3, 0.4) is 0 Å². The van der Waals surface area contributed by atoms with Crippen molar-refractivity contribution in [2.24, 2.45) is 12.1 Å². The minimum absolute atomic E-state index is 0.411. The van der Waals surface area contributed by atoms with Gasteiger partial charge in [0, 0.05) is 32.1 Å². The predicted molar refractivity (Wildman–Crippen MR) is 93.3 cm³/mol. The lowest BCUT2D eigenvalue weighted by atomic mass is 10.0. The minimum atomic E-state index is -3.51. The van der Waals surface area contributed by atoms with Gasteiger partial charge in [0.25, 0.3) is 0 Å². The standard InChI is InChI=1S/C16H16N6O2S/c1-21-15(5-6-19-21)14-10-16(22(20-14)25(2,23)24)11-3-4-12-13(9-11)18-8-7-17-12/h3-9,16H,10H2,1-2H3. The van der Waals surface area contributed by atoms with Gasteiger partial charge in [-0.3, -0.25) is 14.6 Å². The molecular weight excluding hydrogens is 340 g/mol. The summed E-state index contributed by atoms with van der Waals surface area (Å²) in [5.74, 6) is 0. The Morgan fingerprint density at radius 1 is 1.08 bits per heavy atom. The van der Waals surface area contributed by atoms with Crippen LogP contribution >= 0.6 is 0 Å². The van der Waals surface area contributed by atoms with Gasteiger partial charge in [0.1, 0.15) is 0 Å². The van der Waals surface area contributed by atoms with Crippen LogP contribution < -0.4 is 0 Å². The fraction of sp³-hybridized carbons (Fsp3) is 0.250. The fourth-order valence-corrected chi connectivity index (χ4v) is 3.95. The molecule has 0 spiro atoms. The molecule has 9 heteroatoms. The van der Waals surface area contributed by atoms with E-state index in [-0.39, 0.29) is 0 Å². The fourth-order valence-electron chi connectivity index (χ4n) is 3.04. The van der Waals surface area contributed by atoms with Crippen LogP contribution in [0.2, 0.25) is 0 Å². The van der Waals surface area contributed by atoms with E-state index in [4.69, 9.17) is 0 Å². The highest BCUT2D eigenvalue weighted by Crippen LogP contribution is 2.35. The number of hydrogen-bond acceptors (Lipinski definition) is 6. The first-order valence-electron chi connectivity index (χ1n) is 7.69. The first-order valence-corrected chi connectivity index (χ1v) is 9.54. The van der Waals surface area contributed by atoms with E-state index in [0.29, 0.717) is 12.1 Å². The second-order valence-electron chi connectivity index (χ2n) is 5.95. The molecule has 0 fully saturated rings. The minimum Gasteiger partial charge on any atom is -0.267 e. The third-order valence-electron chi connectivity index (χ3n) is 4.21. The molecular formula is C16H16N6O2S. The smallest absolute Gasteiger partial charge is 0.247 e. The van der Waals surface area contributed by atoms with E-state index in [2.05, 4.69) is 20.2 Å². The van der Waals surface area contributed by atoms with Gasteiger partial charge in [-0.2, -0.15) is 14.6 Å². The van der Waals surface area contributed by atoms with Gasteiger partial charge in [-0.15, -0.1) is 0 Å². The normalized spacial score (nSPS) is 17.9. The number of aromatic nitrogens is 4. The van der Waals surface area contributed by atoms with Crippen molar-refractivity contribution in [3.8, 4) is 0 Å². The zero-order valence-corrected chi connectivity index (χ0v) is 14.6. The van der Waals surface area contributed by atoms with Crippen LogP contribution in [0.5, 0.6) is 0 Å². The molecule has 3 heterocycles. The highest BCUT2D eigenvalue weighted by molar-refractivity contribution is 7.88. The number of aryl methyl sites for hydroxylation is 1. The molecule has 8 nitrogen and oxygen atoms in total. The molecule has 0 radical (unpaired) electrons. The molecule has 0 saturated heterocycles. The van der Waals surface area contributed by atoms with Gasteiger partial charge >= 0.3 is 0 Å². The van der Waals surface area contributed by atoms with Crippen LogP contribution in [-0.4, -0.2) is 44.5 Å². The van der Waals surface area contributed by atoms with E-state index in [0.717, 1.165) is 28.5 Å². The van der Waals surface area contributed by atoms with Gasteiger partial charge in [0.05, 0.1) is 34.7 Å². The summed E-state index contributed by atoms with van der Waals surface area (Å²) in [6.45, 7) is 0. The largest absolute Gasteiger partial charge is 0.267 e. The zero-order valence-electron chi connectivity index (χ0n) is 13.7. The van der Waals surface area contributed by atoms with Crippen molar-refractivity contribution in [2.45, 2.75) is 12.5 Å². The number of benzene rings is 1. The molecule has 2 aromatic heterocycles. The highest BCUT2D eigenvalue weighted by atomic mass is 32.2. The van der Waals surface area contributed by atoms with Crippen molar-refractivity contribution in [2.75, 3.05) is 6.26 Å². The average Bonchev–Trinajstić information content (AvgIpc) is 3.20. The van der Waals surface area contributed by atoms with Crippen molar-refractivity contribution in [3.05, 3.63) is 54.1 Å². The van der Waals surface area contributed by atoms with Crippen LogP contribution in [0.1, 0.15) is 23.7 Å². The summed E-state index contributed by atoms with van der Waals surface area (Å²) in [5.41, 5.74) is 3.82. The number of hydrogen-bond donors (Lipinski definition) is 0. The van der Waals surface area contributed by atoms with Gasteiger partial charge in [-0.25, -0.2) is 8.42 Å². The summed E-state index contributed by atoms with van der Waals surface area (Å²) in [7, 11) is -1.70. The molecule has 1 atom stereocenters. The van der Waals surface area contributed by atoms with Crippen molar-refractivity contribution in [1.29, 1.82) is 0 Å². The third-order valence-corrected chi connectivity index (χ3v) is 5.22. The number of fused-ring (bicyclic) bond motifs is 1. The van der Waals surface area contributed by atoms with E-state index in [9.17, 15) is 8.42 Å². The molecule has 128 valence electrons. The van der Waals surface area contributed by atoms with Gasteiger partial charge in [-0.1, -0.05) is 6.07 Å². The maximum atomic E-state index is 12.2. The van der Waals surface area contributed by atoms with E-state index in [1.165, 1.54) is 4.41 Å². The van der Waals surface area contributed by atoms with Crippen LogP contribution in [-0.2, 0) is 17.1 Å². The summed E-state index contributed by atoms with van der Waals surface area (Å²) >= 11 is 0. The SMILES string of the molecule is Cn1nccc1C1=NN(S(C)(=O)=O)C(c2ccc3nccnc3c2)C1. The monoisotopic (exact) mass is 356 g/mol. The molecule has 1 aromatic carbocycles. The Labute approximate surface area is 144 Å². The first kappa shape index (κ1) is 15.7. The summed E-state index contributed by atoms with van der Waals surface area (Å²) in [6.07, 6.45) is 6.55. The molecule has 1 aliphatic heterocycles. The van der Waals surface area contributed by atoms with Crippen molar-refractivity contribution in [3.63, 3.8) is 0 Å². The molecule has 4 rings (SSSR count). The molecule has 0 N–H and O–H groups in total. The third kappa shape index (κ3) is 2.76. The maximum absolute atomic E-state index is 12.2. The maximum Gasteiger partial charge on any atom is 0.247 e. The van der Waals surface area contributed by atoms with Crippen LogP contribution in [0, 0.1) is 0 Å². The Kier molecular flexibility index (Phi) is 3.53. The molecule has 1 unspecified atom stereocenters. The Bertz CT molecular complexity index is 1090. The first-order chi connectivity index (χ1) is 11.9. The molecule has 1 aliphatic rings. The molecule has 0 aliphatic carbocycles. The lowest BCUT2D eigenvalue weighted by Gasteiger charge is -2.21. The summed E-state index contributed by atoms with van der Waals surface area (Å²) in [6, 6.07) is 7.01. The van der Waals surface area contributed by atoms with Crippen LogP contribution in [0.25, 0.3) is 11.0 Å². The topological polar surface area (TPSA) is 93.3 Å². The molecule has 25 heavy (non-hydrogen) atoms. The lowest BCUT2D eigenvalue weighted by molar-refractivity contribution is 0.375. The second kappa shape index (κ2) is 5.62. The van der Waals surface area contributed by atoms with Crippen LogP contribution in [0.4, 0.5) is 0 Å². The summed E-state index contributed by atoms with van der Waals surface area (Å²) in [4.78, 5) is 8.55. The van der Waals surface area contributed by atoms with Crippen molar-refractivity contribution in [1.82, 2.24) is 24.2 Å². The number of sulfonamides is 1. The van der Waals surface area contributed by atoms with Crippen molar-refractivity contribution >= 4 is 26.8 Å². The highest BCUT2D eigenvalue weighted by Gasteiger charge is 2.35. The second-order valence-corrected chi connectivity index (χ2v) is 7.79. The zero-order chi connectivity index (χ0) is 17.6. The Balaban J connectivity index is 1.79. The van der Waals surface area contributed by atoms with Gasteiger partial charge in [-0.05, 0) is 23.8 Å². The predicted octanol–water partition coefficient (Wildman–Crippen LogP) is 1.47. The van der Waals surface area contributed by atoms with E-state index < -0.39 is 16.1 Å². The quantitative estimate of drug-likeness (QED) is 0.708. The van der Waals surface area contributed by atoms with Gasteiger partial charge in [0.2, 0.25) is 10.0 Å². The van der Waals surface area contributed by atoms with E-state index in [1.54, 1.807) is 23.3 Å². The Morgan fingerprint density at radius 3 is 2.52 bits per heavy atom. The molecule has 3 aromatic rings. The Morgan fingerprint density at radius 2 is 1.84 bits per heavy atom. The van der Waals surface area contributed by atoms with E-state index in [1.807, 2.05) is 31.3 Å². The van der Waals surface area contributed by atoms with Gasteiger partial charge in [0.15, 0.2) is 0 Å².